The van der Waals surface area contributed by atoms with Gasteiger partial charge in [-0.25, -0.2) is 0 Å². The maximum absolute atomic E-state index is 9.30. The second kappa shape index (κ2) is 6.38. The smallest absolute Gasteiger partial charge is 0.134 e. The molecule has 0 amide bonds. The van der Waals surface area contributed by atoms with Crippen molar-refractivity contribution in [2.75, 3.05) is 6.54 Å². The topological polar surface area (TPSA) is 45.1 Å². The number of aromatic hydroxyl groups is 1. The number of pyridine rings is 1. The summed E-state index contributed by atoms with van der Waals surface area (Å²) in [6.07, 6.45) is 2.70. The van der Waals surface area contributed by atoms with Crippen LogP contribution in [-0.4, -0.2) is 16.6 Å². The van der Waals surface area contributed by atoms with Crippen LogP contribution in [-0.2, 0) is 13.0 Å². The molecular weight excluding hydrogens is 248 g/mol. The number of nitrogens with one attached hydrogen (secondary N) is 1. The zero-order valence-electron chi connectivity index (χ0n) is 9.94. The van der Waals surface area contributed by atoms with Crippen molar-refractivity contribution in [3.05, 3.63) is 58.9 Å². The number of aromatic nitrogens is 1. The lowest BCUT2D eigenvalue weighted by Gasteiger charge is -2.06. The first-order chi connectivity index (χ1) is 8.75. The van der Waals surface area contributed by atoms with Crippen molar-refractivity contribution in [2.45, 2.75) is 13.0 Å². The fourth-order valence-corrected chi connectivity index (χ4v) is 1.86. The first-order valence-corrected chi connectivity index (χ1v) is 6.21. The fraction of sp³-hybridized carbons (Fsp3) is 0.214. The molecule has 0 atom stereocenters. The molecule has 1 aromatic heterocycles. The Hall–Kier alpha value is -1.58. The fourth-order valence-electron chi connectivity index (χ4n) is 1.66. The molecule has 2 N–H and O–H groups in total. The summed E-state index contributed by atoms with van der Waals surface area (Å²) in [5.41, 5.74) is 2.13. The van der Waals surface area contributed by atoms with Crippen LogP contribution < -0.4 is 5.32 Å². The number of nitrogens with zero attached hydrogens (tertiary/aromatic N) is 1. The number of halogens is 1. The lowest BCUT2D eigenvalue weighted by molar-refractivity contribution is 0.475. The van der Waals surface area contributed by atoms with Crippen molar-refractivity contribution in [1.29, 1.82) is 0 Å². The average Bonchev–Trinajstić information content (AvgIpc) is 2.40. The Morgan fingerprint density at radius 3 is 2.83 bits per heavy atom. The van der Waals surface area contributed by atoms with Crippen LogP contribution >= 0.6 is 11.6 Å². The quantitative estimate of drug-likeness (QED) is 0.815. The van der Waals surface area contributed by atoms with Gasteiger partial charge in [0.15, 0.2) is 0 Å². The van der Waals surface area contributed by atoms with E-state index in [1.54, 1.807) is 18.3 Å². The molecule has 0 aliphatic rings. The molecule has 4 heteroatoms. The van der Waals surface area contributed by atoms with E-state index in [9.17, 15) is 5.11 Å². The van der Waals surface area contributed by atoms with Crippen LogP contribution in [0.2, 0.25) is 5.02 Å². The summed E-state index contributed by atoms with van der Waals surface area (Å²) < 4.78 is 0. The van der Waals surface area contributed by atoms with Gasteiger partial charge < -0.3 is 10.4 Å². The van der Waals surface area contributed by atoms with Crippen molar-refractivity contribution < 1.29 is 5.11 Å². The maximum Gasteiger partial charge on any atom is 0.134 e. The lowest BCUT2D eigenvalue weighted by Crippen LogP contribution is -2.17. The molecule has 18 heavy (non-hydrogen) atoms. The molecule has 0 unspecified atom stereocenters. The molecule has 2 rings (SSSR count). The number of phenolic OH excluding ortho intramolecular Hbond substituents is 1. The normalized spacial score (nSPS) is 10.5. The molecule has 2 aromatic rings. The Labute approximate surface area is 111 Å². The Balaban J connectivity index is 1.77. The van der Waals surface area contributed by atoms with Crippen LogP contribution in [0.5, 0.6) is 5.75 Å². The third-order valence-corrected chi connectivity index (χ3v) is 2.93. The standard InChI is InChI=1S/C14H15ClN2O/c15-13-9-11(4-5-14(13)18)10-16-8-6-12-3-1-2-7-17-12/h1-5,7,9,16,18H,6,8,10H2. The minimum Gasteiger partial charge on any atom is -0.506 e. The van der Waals surface area contributed by atoms with Gasteiger partial charge in [-0.2, -0.15) is 0 Å². The second-order valence-corrected chi connectivity index (χ2v) is 4.44. The predicted molar refractivity (Wildman–Crippen MR) is 72.8 cm³/mol. The number of benzene rings is 1. The Morgan fingerprint density at radius 1 is 1.22 bits per heavy atom. The monoisotopic (exact) mass is 262 g/mol. The average molecular weight is 263 g/mol. The summed E-state index contributed by atoms with van der Waals surface area (Å²) in [6, 6.07) is 11.1. The maximum atomic E-state index is 9.30. The molecule has 0 aliphatic heterocycles. The molecule has 0 fully saturated rings. The first-order valence-electron chi connectivity index (χ1n) is 5.84. The Morgan fingerprint density at radius 2 is 2.11 bits per heavy atom. The van der Waals surface area contributed by atoms with E-state index < -0.39 is 0 Å². The summed E-state index contributed by atoms with van der Waals surface area (Å²) in [5, 5.41) is 13.0. The second-order valence-electron chi connectivity index (χ2n) is 4.03. The van der Waals surface area contributed by atoms with E-state index in [1.807, 2.05) is 24.3 Å². The van der Waals surface area contributed by atoms with Gasteiger partial charge in [0.25, 0.3) is 0 Å². The molecule has 1 heterocycles. The van der Waals surface area contributed by atoms with Crippen molar-refractivity contribution in [3.63, 3.8) is 0 Å². The summed E-state index contributed by atoms with van der Waals surface area (Å²) in [7, 11) is 0. The van der Waals surface area contributed by atoms with Gasteiger partial charge in [-0.1, -0.05) is 23.7 Å². The zero-order valence-corrected chi connectivity index (χ0v) is 10.7. The van der Waals surface area contributed by atoms with E-state index >= 15 is 0 Å². The highest BCUT2D eigenvalue weighted by Gasteiger charge is 1.99. The van der Waals surface area contributed by atoms with Gasteiger partial charge in [-0.05, 0) is 29.8 Å². The first kappa shape index (κ1) is 12.9. The van der Waals surface area contributed by atoms with Gasteiger partial charge in [0.05, 0.1) is 5.02 Å². The Bertz CT molecular complexity index is 502. The summed E-state index contributed by atoms with van der Waals surface area (Å²) >= 11 is 5.83. The van der Waals surface area contributed by atoms with E-state index in [2.05, 4.69) is 10.3 Å². The van der Waals surface area contributed by atoms with E-state index in [-0.39, 0.29) is 5.75 Å². The van der Waals surface area contributed by atoms with Crippen LogP contribution in [0.1, 0.15) is 11.3 Å². The van der Waals surface area contributed by atoms with Gasteiger partial charge in [0.1, 0.15) is 5.75 Å². The number of phenols is 1. The molecule has 3 nitrogen and oxygen atoms in total. The van der Waals surface area contributed by atoms with Gasteiger partial charge in [0, 0.05) is 31.4 Å². The molecule has 0 radical (unpaired) electrons. The van der Waals surface area contributed by atoms with Gasteiger partial charge in [0.2, 0.25) is 0 Å². The highest BCUT2D eigenvalue weighted by molar-refractivity contribution is 6.32. The van der Waals surface area contributed by atoms with Crippen LogP contribution in [0.25, 0.3) is 0 Å². The molecule has 0 saturated carbocycles. The number of hydrogen-bond acceptors (Lipinski definition) is 3. The third-order valence-electron chi connectivity index (χ3n) is 2.63. The van der Waals surface area contributed by atoms with Gasteiger partial charge in [-0.3, -0.25) is 4.98 Å². The van der Waals surface area contributed by atoms with Crippen molar-refractivity contribution in [3.8, 4) is 5.75 Å². The largest absolute Gasteiger partial charge is 0.506 e. The third kappa shape index (κ3) is 3.72. The number of rotatable bonds is 5. The molecule has 0 aliphatic carbocycles. The van der Waals surface area contributed by atoms with Crippen LogP contribution in [0.3, 0.4) is 0 Å². The molecule has 0 bridgehead atoms. The van der Waals surface area contributed by atoms with Crippen molar-refractivity contribution >= 4 is 11.6 Å². The highest BCUT2D eigenvalue weighted by Crippen LogP contribution is 2.23. The Kier molecular flexibility index (Phi) is 4.56. The van der Waals surface area contributed by atoms with Crippen LogP contribution in [0, 0.1) is 0 Å². The summed E-state index contributed by atoms with van der Waals surface area (Å²) in [4.78, 5) is 4.25. The summed E-state index contributed by atoms with van der Waals surface area (Å²) in [6.45, 7) is 1.59. The van der Waals surface area contributed by atoms with Gasteiger partial charge >= 0.3 is 0 Å². The molecular formula is C14H15ClN2O. The number of hydrogen-bond donors (Lipinski definition) is 2. The van der Waals surface area contributed by atoms with Crippen LogP contribution in [0.4, 0.5) is 0 Å². The lowest BCUT2D eigenvalue weighted by atomic mass is 10.2. The van der Waals surface area contributed by atoms with E-state index in [0.29, 0.717) is 5.02 Å². The SMILES string of the molecule is Oc1ccc(CNCCc2ccccn2)cc1Cl. The molecule has 0 spiro atoms. The predicted octanol–water partition coefficient (Wildman–Crippen LogP) is 2.77. The van der Waals surface area contributed by atoms with Crippen molar-refractivity contribution in [1.82, 2.24) is 10.3 Å². The molecule has 0 saturated heterocycles. The minimum atomic E-state index is 0.119. The minimum absolute atomic E-state index is 0.119. The van der Waals surface area contributed by atoms with Crippen LogP contribution in [0.15, 0.2) is 42.6 Å². The van der Waals surface area contributed by atoms with E-state index in [1.165, 1.54) is 0 Å². The highest BCUT2D eigenvalue weighted by atomic mass is 35.5. The summed E-state index contributed by atoms with van der Waals surface area (Å²) in [5.74, 6) is 0.119. The van der Waals surface area contributed by atoms with E-state index in [0.717, 1.165) is 30.8 Å². The zero-order chi connectivity index (χ0) is 12.8. The molecule has 1 aromatic carbocycles. The molecule has 94 valence electrons. The van der Waals surface area contributed by atoms with Crippen molar-refractivity contribution in [2.24, 2.45) is 0 Å². The van der Waals surface area contributed by atoms with Gasteiger partial charge in [-0.15, -0.1) is 0 Å². The van der Waals surface area contributed by atoms with E-state index in [4.69, 9.17) is 11.6 Å².